The second-order valence-corrected chi connectivity index (χ2v) is 16.7. The number of allylic oxidation sites excluding steroid dienone is 2. The molecular formula is C43H76N10O14PY-. The van der Waals surface area contributed by atoms with Crippen LogP contribution < -0.4 is 26.6 Å². The molecule has 13 atom stereocenters. The maximum atomic E-state index is 14.0. The van der Waals surface area contributed by atoms with Gasteiger partial charge in [0.05, 0.1) is 25.4 Å². The van der Waals surface area contributed by atoms with E-state index in [0.717, 1.165) is 31.6 Å². The summed E-state index contributed by atoms with van der Waals surface area (Å²) in [5, 5.41) is 34.0. The Balaban J connectivity index is -0.0000218. The molecule has 10 amide bonds. The second kappa shape index (κ2) is 32.3. The molecule has 391 valence electrons. The summed E-state index contributed by atoms with van der Waals surface area (Å²) in [5.74, 6) is -8.38. The van der Waals surface area contributed by atoms with Crippen LogP contribution >= 0.6 is 9.90 Å². The van der Waals surface area contributed by atoms with Crippen LogP contribution in [0.1, 0.15) is 75.7 Å². The molecule has 1 radical (unpaired) electrons. The largest absolute Gasteiger partial charge is 0.520 e. The topological polar surface area (TPSA) is 314 Å². The molecule has 0 bridgehead atoms. The van der Waals surface area contributed by atoms with E-state index in [1.807, 2.05) is 0 Å². The Kier molecular flexibility index (Phi) is 32.1. The van der Waals surface area contributed by atoms with Crippen LogP contribution in [0.3, 0.4) is 0 Å². The molecule has 13 unspecified atom stereocenters. The third-order valence-electron chi connectivity index (χ3n) is 11.5. The van der Waals surface area contributed by atoms with Crippen LogP contribution in [0.2, 0.25) is 0 Å². The summed E-state index contributed by atoms with van der Waals surface area (Å²) >= 11 is 0. The van der Waals surface area contributed by atoms with Crippen LogP contribution in [-0.2, 0) is 90.2 Å². The Morgan fingerprint density at radius 3 is 1.42 bits per heavy atom. The Morgan fingerprint density at radius 2 is 1.00 bits per heavy atom. The summed E-state index contributed by atoms with van der Waals surface area (Å²) in [6, 6.07) is -11.4. The number of aliphatic hydroxyl groups excluding tert-OH is 2. The van der Waals surface area contributed by atoms with E-state index in [4.69, 9.17) is 0 Å². The van der Waals surface area contributed by atoms with Gasteiger partial charge in [-0.15, -0.1) is 0 Å². The molecule has 0 rings (SSSR count). The van der Waals surface area contributed by atoms with Crippen molar-refractivity contribution < 1.29 is 100 Å². The maximum Gasteiger partial charge on any atom is 0.325 e. The third kappa shape index (κ3) is 20.3. The number of carbonyl (C=O) groups excluding carboxylic acids is 11. The molecule has 7 N–H and O–H groups in total. The van der Waals surface area contributed by atoms with Crippen molar-refractivity contribution in [1.29, 1.82) is 0 Å². The standard InChI is InChI=1S/C43H73N10O14.H3P.Y/c1-17-18-19-22(2)34(57)33(38(61)48-32(30(10)55)43(66)49(11)20-31(56)67-16)53(15)42(65)29(9)52(14)41(64)26(6)47-37(60)28(8)51(13)40(63)25(5)46-35(58)23(3)45-36(59)27(7)50(12)39(62)24(4)44-21-54;;/h17-18,22-30,32-34,55,57H,19-20H2,1-16H3,(H,44,54)(H,45,59)(H,46,58)(H,47,60)(H,48,61);1H3;/q-1;;/b18-17+;;. The minimum atomic E-state index is -1.66. The molecule has 26 heteroatoms. The molecule has 0 fully saturated rings. The zero-order valence-electron chi connectivity index (χ0n) is 42.8. The average molecular weight is 1080 g/mol. The van der Waals surface area contributed by atoms with Gasteiger partial charge in [-0.2, -0.15) is 16.3 Å². The number of methoxy groups -OCH3 is 1. The molecule has 0 aliphatic heterocycles. The maximum absolute atomic E-state index is 14.0. The van der Waals surface area contributed by atoms with Gasteiger partial charge >= 0.3 is 5.97 Å². The van der Waals surface area contributed by atoms with Crippen LogP contribution in [0.25, 0.3) is 0 Å². The summed E-state index contributed by atoms with van der Waals surface area (Å²) in [6.07, 6.45) is 2.14. The predicted molar refractivity (Wildman–Crippen MR) is 253 cm³/mol. The minimum absolute atomic E-state index is 0. The molecular weight excluding hydrogens is 1000 g/mol. The summed E-state index contributed by atoms with van der Waals surface area (Å²) < 4.78 is 4.59. The van der Waals surface area contributed by atoms with Crippen LogP contribution in [0.15, 0.2) is 12.2 Å². The first kappa shape index (κ1) is 68.6. The number of hydrogen-bond donors (Lipinski definition) is 7. The van der Waals surface area contributed by atoms with Gasteiger partial charge in [-0.05, 0) is 74.7 Å². The fourth-order valence-corrected chi connectivity index (χ4v) is 6.35. The van der Waals surface area contributed by atoms with Gasteiger partial charge in [0.15, 0.2) is 0 Å². The van der Waals surface area contributed by atoms with E-state index >= 15 is 0 Å². The predicted octanol–water partition coefficient (Wildman–Crippen LogP) is -3.57. The first-order valence-corrected chi connectivity index (χ1v) is 21.6. The van der Waals surface area contributed by atoms with Gasteiger partial charge in [-0.3, -0.25) is 47.9 Å². The average Bonchev–Trinajstić information content (AvgIpc) is 3.28. The van der Waals surface area contributed by atoms with E-state index in [1.54, 1.807) is 26.0 Å². The molecule has 0 aromatic rings. The smallest absolute Gasteiger partial charge is 0.325 e. The van der Waals surface area contributed by atoms with Crippen molar-refractivity contribution in [3.05, 3.63) is 12.2 Å². The summed E-state index contributed by atoms with van der Waals surface area (Å²) in [6.45, 7) is 13.7. The van der Waals surface area contributed by atoms with E-state index in [9.17, 15) is 63.0 Å². The molecule has 0 spiro atoms. The second-order valence-electron chi connectivity index (χ2n) is 16.7. The molecule has 0 aliphatic carbocycles. The Morgan fingerprint density at radius 1 is 0.580 bits per heavy atom. The number of nitrogens with one attached hydrogen (secondary N) is 5. The van der Waals surface area contributed by atoms with Crippen LogP contribution in [0.5, 0.6) is 0 Å². The number of hydrogen-bond acceptors (Lipinski definition) is 14. The molecule has 24 nitrogen and oxygen atoms in total. The Labute approximate surface area is 434 Å². The first-order valence-electron chi connectivity index (χ1n) is 21.6. The van der Waals surface area contributed by atoms with E-state index in [2.05, 4.69) is 31.3 Å². The van der Waals surface area contributed by atoms with Crippen molar-refractivity contribution in [2.45, 2.75) is 142 Å². The summed E-state index contributed by atoms with van der Waals surface area (Å²) in [4.78, 5) is 147. The van der Waals surface area contributed by atoms with Gasteiger partial charge in [0.2, 0.25) is 53.2 Å². The fourth-order valence-electron chi connectivity index (χ4n) is 6.35. The summed E-state index contributed by atoms with van der Waals surface area (Å²) in [5.41, 5.74) is 0. The summed E-state index contributed by atoms with van der Waals surface area (Å²) in [7, 11) is 7.50. The SMILES string of the molecule is C/C=C/CC(C)C(O)C(C(=O)NC(C(=O)N(C)CC(=O)OC)C(C)O)N(C)C(=O)C(C)N(C)C(=O)C(C)NC(=O)C(C)N(C)C(=O)C(C)NC(=O)C(C)NC(=O)C(C)N(C)C(=O)C(C)N[C-]=O.P.[Y]. The molecule has 0 aliphatic rings. The molecule has 0 heterocycles. The van der Waals surface area contributed by atoms with Gasteiger partial charge in [0.25, 0.3) is 0 Å². The van der Waals surface area contributed by atoms with Crippen LogP contribution in [0.4, 0.5) is 0 Å². The monoisotopic (exact) mass is 1080 g/mol. The number of amides is 10. The van der Waals surface area contributed by atoms with Gasteiger partial charge in [-0.1, -0.05) is 19.1 Å². The zero-order chi connectivity index (χ0) is 52.4. The number of aliphatic hydroxyl groups is 2. The molecule has 0 aromatic heterocycles. The molecule has 0 aromatic carbocycles. The number of rotatable bonds is 26. The number of carbonyl (C=O) groups is 10. The van der Waals surface area contributed by atoms with Crippen LogP contribution in [0, 0.1) is 5.92 Å². The normalized spacial score (nSPS) is 16.0. The first-order chi connectivity index (χ1) is 30.9. The van der Waals surface area contributed by atoms with Crippen LogP contribution in [-0.4, -0.2) is 216 Å². The fraction of sp³-hybridized carbons (Fsp3) is 0.698. The Bertz CT molecular complexity index is 1830. The quantitative estimate of drug-likeness (QED) is 0.0145. The molecule has 69 heavy (non-hydrogen) atoms. The van der Waals surface area contributed by atoms with Gasteiger partial charge < -0.3 is 70.8 Å². The van der Waals surface area contributed by atoms with Crippen molar-refractivity contribution >= 4 is 75.4 Å². The van der Waals surface area contributed by atoms with E-state index in [-0.39, 0.29) is 49.0 Å². The van der Waals surface area contributed by atoms with Gasteiger partial charge in [0.1, 0.15) is 54.9 Å². The number of esters is 1. The number of nitrogens with zero attached hydrogens (tertiary/aromatic N) is 5. The van der Waals surface area contributed by atoms with Crippen molar-refractivity contribution in [2.75, 3.05) is 48.9 Å². The molecule has 0 saturated heterocycles. The van der Waals surface area contributed by atoms with Crippen molar-refractivity contribution in [2.24, 2.45) is 5.92 Å². The van der Waals surface area contributed by atoms with Crippen molar-refractivity contribution in [3.63, 3.8) is 0 Å². The van der Waals surface area contributed by atoms with Crippen molar-refractivity contribution in [1.82, 2.24) is 51.1 Å². The zero-order valence-corrected chi connectivity index (χ0v) is 47.1. The van der Waals surface area contributed by atoms with E-state index in [1.165, 1.54) is 97.0 Å². The number of likely N-dealkylation sites (N-methyl/N-ethyl adjacent to an activating group) is 5. The molecule has 0 saturated carbocycles. The Hall–Kier alpha value is -4.64. The van der Waals surface area contributed by atoms with Crippen molar-refractivity contribution in [3.8, 4) is 0 Å². The third-order valence-corrected chi connectivity index (χ3v) is 11.5. The van der Waals surface area contributed by atoms with E-state index < -0.39 is 138 Å². The van der Waals surface area contributed by atoms with Gasteiger partial charge in [0, 0.05) is 67.9 Å². The van der Waals surface area contributed by atoms with E-state index in [0.29, 0.717) is 0 Å². The van der Waals surface area contributed by atoms with Gasteiger partial charge in [-0.25, -0.2) is 0 Å². The minimum Gasteiger partial charge on any atom is -0.520 e. The number of ether oxygens (including phenoxy) is 1.